The van der Waals surface area contributed by atoms with Crippen molar-refractivity contribution in [1.29, 1.82) is 0 Å². The molecule has 1 unspecified atom stereocenters. The van der Waals surface area contributed by atoms with E-state index in [0.717, 1.165) is 0 Å². The third-order valence-electron chi connectivity index (χ3n) is 2.73. The van der Waals surface area contributed by atoms with E-state index in [9.17, 15) is 0 Å². The number of rotatable bonds is 3. The summed E-state index contributed by atoms with van der Waals surface area (Å²) in [6.07, 6.45) is 2.42. The minimum absolute atomic E-state index is 0.418. The van der Waals surface area contributed by atoms with E-state index < -0.39 is 0 Å². The van der Waals surface area contributed by atoms with Gasteiger partial charge in [0.05, 0.1) is 0 Å². The molecule has 86 valence electrons. The lowest BCUT2D eigenvalue weighted by Gasteiger charge is -2.18. The predicted molar refractivity (Wildman–Crippen MR) is 72.1 cm³/mol. The molecule has 1 N–H and O–H groups in total. The maximum Gasteiger partial charge on any atom is 0.0334 e. The van der Waals surface area contributed by atoms with Gasteiger partial charge in [-0.3, -0.25) is 0 Å². The summed E-state index contributed by atoms with van der Waals surface area (Å²) in [5, 5.41) is 4.15. The van der Waals surface area contributed by atoms with Crippen LogP contribution in [-0.4, -0.2) is 12.3 Å². The average Bonchev–Trinajstić information content (AvgIpc) is 2.48. The van der Waals surface area contributed by atoms with Crippen LogP contribution in [0.2, 0.25) is 0 Å². The SMILES string of the molecule is C=C(Cl)CNC1CCCSc2ccccc21. The second kappa shape index (κ2) is 5.76. The van der Waals surface area contributed by atoms with Crippen molar-refractivity contribution < 1.29 is 0 Å². The molecule has 1 nitrogen and oxygen atoms in total. The van der Waals surface area contributed by atoms with Crippen LogP contribution in [0.25, 0.3) is 0 Å². The first-order valence-corrected chi connectivity index (χ1v) is 6.92. The first-order chi connectivity index (χ1) is 7.77. The molecule has 0 bridgehead atoms. The number of hydrogen-bond donors (Lipinski definition) is 1. The second-order valence-electron chi connectivity index (χ2n) is 3.98. The fourth-order valence-corrected chi connectivity index (χ4v) is 3.13. The van der Waals surface area contributed by atoms with Crippen molar-refractivity contribution in [2.75, 3.05) is 12.3 Å². The molecule has 0 amide bonds. The number of benzene rings is 1. The van der Waals surface area contributed by atoms with Gasteiger partial charge in [-0.15, -0.1) is 11.8 Å². The molecule has 0 saturated carbocycles. The van der Waals surface area contributed by atoms with Gasteiger partial charge in [0.25, 0.3) is 0 Å². The predicted octanol–water partition coefficient (Wildman–Crippen LogP) is 3.96. The summed E-state index contributed by atoms with van der Waals surface area (Å²) in [6, 6.07) is 9.04. The Kier molecular flexibility index (Phi) is 4.33. The fraction of sp³-hybridized carbons (Fsp3) is 0.385. The van der Waals surface area contributed by atoms with E-state index >= 15 is 0 Å². The maximum absolute atomic E-state index is 5.80. The summed E-state index contributed by atoms with van der Waals surface area (Å²) in [5.41, 5.74) is 1.41. The molecular weight excluding hydrogens is 238 g/mol. The Bertz CT molecular complexity index is 378. The van der Waals surface area contributed by atoms with Gasteiger partial charge in [-0.25, -0.2) is 0 Å². The van der Waals surface area contributed by atoms with E-state index in [2.05, 4.69) is 36.2 Å². The largest absolute Gasteiger partial charge is 0.305 e. The maximum atomic E-state index is 5.80. The minimum Gasteiger partial charge on any atom is -0.305 e. The zero-order chi connectivity index (χ0) is 11.4. The van der Waals surface area contributed by atoms with Crippen LogP contribution >= 0.6 is 23.4 Å². The van der Waals surface area contributed by atoms with Gasteiger partial charge in [-0.2, -0.15) is 0 Å². The molecule has 3 heteroatoms. The normalized spacial score (nSPS) is 19.9. The van der Waals surface area contributed by atoms with E-state index in [1.807, 2.05) is 11.8 Å². The quantitative estimate of drug-likeness (QED) is 0.875. The standard InChI is InChI=1S/C13H16ClNS/c1-10(14)9-15-12-6-4-8-16-13-7-3-2-5-11(12)13/h2-3,5,7,12,15H,1,4,6,8-9H2. The molecule has 1 atom stereocenters. The number of hydrogen-bond acceptors (Lipinski definition) is 2. The van der Waals surface area contributed by atoms with Crippen LogP contribution in [0.15, 0.2) is 40.8 Å². The summed E-state index contributed by atoms with van der Waals surface area (Å²) in [4.78, 5) is 1.40. The molecule has 2 rings (SSSR count). The van der Waals surface area contributed by atoms with Crippen LogP contribution in [-0.2, 0) is 0 Å². The molecule has 1 aliphatic rings. The number of nitrogens with one attached hydrogen (secondary N) is 1. The van der Waals surface area contributed by atoms with E-state index in [1.165, 1.54) is 29.1 Å². The number of halogens is 1. The van der Waals surface area contributed by atoms with Crippen molar-refractivity contribution in [1.82, 2.24) is 5.32 Å². The van der Waals surface area contributed by atoms with Crippen LogP contribution in [0.5, 0.6) is 0 Å². The molecule has 0 radical (unpaired) electrons. The van der Waals surface area contributed by atoms with Crippen LogP contribution < -0.4 is 5.32 Å². The average molecular weight is 254 g/mol. The van der Waals surface area contributed by atoms with E-state index in [0.29, 0.717) is 17.6 Å². The Balaban J connectivity index is 2.15. The van der Waals surface area contributed by atoms with Gasteiger partial charge in [0.2, 0.25) is 0 Å². The zero-order valence-electron chi connectivity index (χ0n) is 9.21. The Morgan fingerprint density at radius 3 is 3.12 bits per heavy atom. The Hall–Kier alpha value is -0.440. The fourth-order valence-electron chi connectivity index (χ4n) is 1.97. The number of thioether (sulfide) groups is 1. The Morgan fingerprint density at radius 1 is 1.50 bits per heavy atom. The molecule has 0 fully saturated rings. The number of fused-ring (bicyclic) bond motifs is 1. The Labute approximate surface area is 106 Å². The van der Waals surface area contributed by atoms with Crippen molar-refractivity contribution in [3.63, 3.8) is 0 Å². The monoisotopic (exact) mass is 253 g/mol. The highest BCUT2D eigenvalue weighted by Gasteiger charge is 2.17. The molecule has 1 aromatic carbocycles. The smallest absolute Gasteiger partial charge is 0.0334 e. The van der Waals surface area contributed by atoms with Crippen LogP contribution in [0.4, 0.5) is 0 Å². The van der Waals surface area contributed by atoms with Crippen molar-refractivity contribution in [3.05, 3.63) is 41.4 Å². The molecule has 0 aliphatic carbocycles. The van der Waals surface area contributed by atoms with Gasteiger partial charge in [0.15, 0.2) is 0 Å². The first-order valence-electron chi connectivity index (χ1n) is 5.56. The van der Waals surface area contributed by atoms with Gasteiger partial charge in [-0.1, -0.05) is 36.4 Å². The molecular formula is C13H16ClNS. The third-order valence-corrected chi connectivity index (χ3v) is 4.04. The van der Waals surface area contributed by atoms with Crippen LogP contribution in [0.3, 0.4) is 0 Å². The highest BCUT2D eigenvalue weighted by Crippen LogP contribution is 2.34. The lowest BCUT2D eigenvalue weighted by molar-refractivity contribution is 0.518. The highest BCUT2D eigenvalue weighted by atomic mass is 35.5. The lowest BCUT2D eigenvalue weighted by Crippen LogP contribution is -2.22. The van der Waals surface area contributed by atoms with Crippen molar-refractivity contribution in [2.45, 2.75) is 23.8 Å². The van der Waals surface area contributed by atoms with Gasteiger partial charge in [0.1, 0.15) is 0 Å². The first kappa shape index (κ1) is 12.0. The molecule has 0 spiro atoms. The summed E-state index contributed by atoms with van der Waals surface area (Å²) in [5.74, 6) is 1.21. The third kappa shape index (κ3) is 3.03. The molecule has 1 aromatic rings. The van der Waals surface area contributed by atoms with E-state index in [-0.39, 0.29) is 0 Å². The second-order valence-corrected chi connectivity index (χ2v) is 5.65. The van der Waals surface area contributed by atoms with Crippen molar-refractivity contribution >= 4 is 23.4 Å². The van der Waals surface area contributed by atoms with Crippen LogP contribution in [0, 0.1) is 0 Å². The van der Waals surface area contributed by atoms with Crippen LogP contribution in [0.1, 0.15) is 24.4 Å². The molecule has 0 aromatic heterocycles. The minimum atomic E-state index is 0.418. The van der Waals surface area contributed by atoms with Gasteiger partial charge < -0.3 is 5.32 Å². The topological polar surface area (TPSA) is 12.0 Å². The Morgan fingerprint density at radius 2 is 2.31 bits per heavy atom. The summed E-state index contributed by atoms with van der Waals surface area (Å²) < 4.78 is 0. The summed E-state index contributed by atoms with van der Waals surface area (Å²) in [7, 11) is 0. The summed E-state index contributed by atoms with van der Waals surface area (Å²) in [6.45, 7) is 4.40. The molecule has 1 aliphatic heterocycles. The lowest BCUT2D eigenvalue weighted by atomic mass is 10.0. The van der Waals surface area contributed by atoms with Gasteiger partial charge >= 0.3 is 0 Å². The zero-order valence-corrected chi connectivity index (χ0v) is 10.8. The summed E-state index contributed by atoms with van der Waals surface area (Å²) >= 11 is 7.75. The highest BCUT2D eigenvalue weighted by molar-refractivity contribution is 7.99. The van der Waals surface area contributed by atoms with Crippen molar-refractivity contribution in [3.8, 4) is 0 Å². The molecule has 1 heterocycles. The van der Waals surface area contributed by atoms with E-state index in [1.54, 1.807) is 0 Å². The molecule has 0 saturated heterocycles. The van der Waals surface area contributed by atoms with Crippen molar-refractivity contribution in [2.24, 2.45) is 0 Å². The van der Waals surface area contributed by atoms with E-state index in [4.69, 9.17) is 11.6 Å². The van der Waals surface area contributed by atoms with Gasteiger partial charge in [0, 0.05) is 22.5 Å². The molecule has 16 heavy (non-hydrogen) atoms. The van der Waals surface area contributed by atoms with Gasteiger partial charge in [-0.05, 0) is 30.2 Å².